The molecule has 1 rings (SSSR count). The summed E-state index contributed by atoms with van der Waals surface area (Å²) in [6, 6.07) is 7.85. The highest BCUT2D eigenvalue weighted by molar-refractivity contribution is 5.32. The van der Waals surface area contributed by atoms with E-state index in [0.717, 1.165) is 37.2 Å². The van der Waals surface area contributed by atoms with Gasteiger partial charge in [0.05, 0.1) is 12.5 Å². The number of benzene rings is 1. The monoisotopic (exact) mass is 330 g/mol. The molecular formula is C22H34O2. The van der Waals surface area contributed by atoms with Crippen molar-refractivity contribution in [3.05, 3.63) is 47.9 Å². The molecule has 0 bridgehead atoms. The van der Waals surface area contributed by atoms with Crippen LogP contribution in [0, 0.1) is 0 Å². The Kier molecular flexibility index (Phi) is 10.8. The van der Waals surface area contributed by atoms with E-state index < -0.39 is 0 Å². The molecule has 134 valence electrons. The number of ether oxygens (including phenoxy) is 2. The molecule has 2 heteroatoms. The van der Waals surface area contributed by atoms with Crippen LogP contribution in [0.2, 0.25) is 0 Å². The van der Waals surface area contributed by atoms with E-state index >= 15 is 0 Å². The maximum absolute atomic E-state index is 5.78. The summed E-state index contributed by atoms with van der Waals surface area (Å²) in [5.41, 5.74) is 2.73. The van der Waals surface area contributed by atoms with Crippen LogP contribution >= 0.6 is 0 Å². The minimum Gasteiger partial charge on any atom is -0.465 e. The van der Waals surface area contributed by atoms with Crippen LogP contribution in [0.1, 0.15) is 79.1 Å². The van der Waals surface area contributed by atoms with Gasteiger partial charge in [-0.15, -0.1) is 0 Å². The van der Waals surface area contributed by atoms with Crippen molar-refractivity contribution in [3.8, 4) is 11.5 Å². The van der Waals surface area contributed by atoms with Crippen LogP contribution in [0.15, 0.2) is 47.9 Å². The Bertz CT molecular complexity index is 450. The third kappa shape index (κ3) is 8.24. The predicted molar refractivity (Wildman–Crippen MR) is 103 cm³/mol. The number of rotatable bonds is 12. The molecule has 0 aliphatic rings. The molecule has 1 aromatic carbocycles. The normalized spacial score (nSPS) is 12.3. The topological polar surface area (TPSA) is 18.5 Å². The lowest BCUT2D eigenvalue weighted by Gasteiger charge is -2.07. The predicted octanol–water partition coefficient (Wildman–Crippen LogP) is 7.41. The highest BCUT2D eigenvalue weighted by atomic mass is 16.5. The first-order chi connectivity index (χ1) is 11.7. The first-order valence-corrected chi connectivity index (χ1v) is 9.52. The van der Waals surface area contributed by atoms with Crippen LogP contribution in [-0.4, -0.2) is 0 Å². The van der Waals surface area contributed by atoms with E-state index in [-0.39, 0.29) is 0 Å². The molecule has 2 nitrogen and oxygen atoms in total. The first-order valence-electron chi connectivity index (χ1n) is 9.52. The second-order valence-electron chi connectivity index (χ2n) is 6.17. The molecule has 0 radical (unpaired) electrons. The summed E-state index contributed by atoms with van der Waals surface area (Å²) in [6.45, 7) is 8.79. The molecule has 0 aliphatic carbocycles. The third-order valence-electron chi connectivity index (χ3n) is 4.16. The van der Waals surface area contributed by atoms with Crippen LogP contribution in [0.3, 0.4) is 0 Å². The van der Waals surface area contributed by atoms with Crippen molar-refractivity contribution in [3.63, 3.8) is 0 Å². The van der Waals surface area contributed by atoms with Crippen molar-refractivity contribution >= 4 is 0 Å². The van der Waals surface area contributed by atoms with E-state index in [1.807, 2.05) is 36.8 Å². The lowest BCUT2D eigenvalue weighted by atomic mass is 10.1. The van der Waals surface area contributed by atoms with Crippen LogP contribution in [0.4, 0.5) is 0 Å². The zero-order valence-corrected chi connectivity index (χ0v) is 15.9. The molecule has 0 unspecified atom stereocenters. The standard InChI is InChI=1S/C22H34O2/c1-5-9-11-19(7-3)17-23-21-13-15-22(16-14-21)24-18-20(8-4)12-10-6-2/h13-18H,5-12H2,1-4H3. The summed E-state index contributed by atoms with van der Waals surface area (Å²) < 4.78 is 11.6. The van der Waals surface area contributed by atoms with Gasteiger partial charge in [-0.05, 0) is 73.9 Å². The largest absolute Gasteiger partial charge is 0.465 e. The van der Waals surface area contributed by atoms with Crippen molar-refractivity contribution in [1.82, 2.24) is 0 Å². The van der Waals surface area contributed by atoms with Crippen LogP contribution in [0.5, 0.6) is 11.5 Å². The van der Waals surface area contributed by atoms with Crippen molar-refractivity contribution in [2.24, 2.45) is 0 Å². The molecule has 1 aromatic rings. The summed E-state index contributed by atoms with van der Waals surface area (Å²) in [6.07, 6.45) is 13.0. The fourth-order valence-electron chi connectivity index (χ4n) is 2.35. The minimum atomic E-state index is 0.857. The molecule has 0 amide bonds. The van der Waals surface area contributed by atoms with Crippen LogP contribution < -0.4 is 9.47 Å². The van der Waals surface area contributed by atoms with Gasteiger partial charge < -0.3 is 9.47 Å². The van der Waals surface area contributed by atoms with Crippen molar-refractivity contribution in [1.29, 1.82) is 0 Å². The Labute approximate surface area is 148 Å². The second-order valence-corrected chi connectivity index (χ2v) is 6.17. The molecule has 0 heterocycles. The number of hydrogen-bond acceptors (Lipinski definition) is 2. The number of allylic oxidation sites excluding steroid dienone is 2. The maximum atomic E-state index is 5.78. The van der Waals surface area contributed by atoms with E-state index in [2.05, 4.69) is 27.7 Å². The molecule has 24 heavy (non-hydrogen) atoms. The minimum absolute atomic E-state index is 0.857. The highest BCUT2D eigenvalue weighted by Gasteiger charge is 1.99. The van der Waals surface area contributed by atoms with Crippen molar-refractivity contribution in [2.45, 2.75) is 79.1 Å². The Hall–Kier alpha value is -1.70. The molecule has 0 spiro atoms. The first kappa shape index (κ1) is 20.3. The lowest BCUT2D eigenvalue weighted by molar-refractivity contribution is 0.457. The molecule has 0 aliphatic heterocycles. The van der Waals surface area contributed by atoms with E-state index in [1.165, 1.54) is 36.8 Å². The fraction of sp³-hybridized carbons (Fsp3) is 0.545. The van der Waals surface area contributed by atoms with Crippen LogP contribution in [0.25, 0.3) is 0 Å². The van der Waals surface area contributed by atoms with E-state index in [1.54, 1.807) is 0 Å². The lowest BCUT2D eigenvalue weighted by Crippen LogP contribution is -1.90. The molecule has 0 fully saturated rings. The molecular weight excluding hydrogens is 296 g/mol. The third-order valence-corrected chi connectivity index (χ3v) is 4.16. The zero-order chi connectivity index (χ0) is 17.6. The Morgan fingerprint density at radius 3 is 1.38 bits per heavy atom. The molecule has 0 N–H and O–H groups in total. The molecule has 0 atom stereocenters. The number of hydrogen-bond donors (Lipinski definition) is 0. The Morgan fingerprint density at radius 1 is 0.708 bits per heavy atom. The average molecular weight is 331 g/mol. The van der Waals surface area contributed by atoms with Crippen molar-refractivity contribution in [2.75, 3.05) is 0 Å². The van der Waals surface area contributed by atoms with Gasteiger partial charge in [0.25, 0.3) is 0 Å². The SMILES string of the molecule is CCCCC(=COc1ccc(OC=C(CC)CCCC)cc1)CC. The summed E-state index contributed by atoms with van der Waals surface area (Å²) >= 11 is 0. The highest BCUT2D eigenvalue weighted by Crippen LogP contribution is 2.21. The van der Waals surface area contributed by atoms with Gasteiger partial charge in [0.1, 0.15) is 11.5 Å². The van der Waals surface area contributed by atoms with E-state index in [4.69, 9.17) is 9.47 Å². The zero-order valence-electron chi connectivity index (χ0n) is 15.9. The quantitative estimate of drug-likeness (QED) is 0.371. The van der Waals surface area contributed by atoms with E-state index in [9.17, 15) is 0 Å². The van der Waals surface area contributed by atoms with Gasteiger partial charge in [-0.2, -0.15) is 0 Å². The van der Waals surface area contributed by atoms with E-state index in [0.29, 0.717) is 0 Å². The summed E-state index contributed by atoms with van der Waals surface area (Å²) in [5, 5.41) is 0. The van der Waals surface area contributed by atoms with Crippen LogP contribution in [-0.2, 0) is 0 Å². The van der Waals surface area contributed by atoms with Gasteiger partial charge in [0.2, 0.25) is 0 Å². The van der Waals surface area contributed by atoms with Gasteiger partial charge in [0.15, 0.2) is 0 Å². The van der Waals surface area contributed by atoms with Gasteiger partial charge in [-0.1, -0.05) is 40.5 Å². The van der Waals surface area contributed by atoms with Gasteiger partial charge in [0, 0.05) is 0 Å². The number of unbranched alkanes of at least 4 members (excludes halogenated alkanes) is 2. The molecule has 0 saturated heterocycles. The smallest absolute Gasteiger partial charge is 0.126 e. The Morgan fingerprint density at radius 2 is 1.08 bits per heavy atom. The maximum Gasteiger partial charge on any atom is 0.126 e. The summed E-state index contributed by atoms with van der Waals surface area (Å²) in [4.78, 5) is 0. The molecule has 0 aromatic heterocycles. The fourth-order valence-corrected chi connectivity index (χ4v) is 2.35. The van der Waals surface area contributed by atoms with Gasteiger partial charge in [-0.25, -0.2) is 0 Å². The summed E-state index contributed by atoms with van der Waals surface area (Å²) in [7, 11) is 0. The van der Waals surface area contributed by atoms with Crippen molar-refractivity contribution < 1.29 is 9.47 Å². The van der Waals surface area contributed by atoms with Gasteiger partial charge >= 0.3 is 0 Å². The average Bonchev–Trinajstić information content (AvgIpc) is 2.63. The molecule has 0 saturated carbocycles. The summed E-state index contributed by atoms with van der Waals surface area (Å²) in [5.74, 6) is 1.71. The second kappa shape index (κ2) is 12.7. The Balaban J connectivity index is 2.55. The van der Waals surface area contributed by atoms with Gasteiger partial charge in [-0.3, -0.25) is 0 Å².